The van der Waals surface area contributed by atoms with E-state index in [1.54, 1.807) is 0 Å². The zero-order valence-electron chi connectivity index (χ0n) is 11.1. The van der Waals surface area contributed by atoms with Crippen LogP contribution in [0.5, 0.6) is 0 Å². The highest BCUT2D eigenvalue weighted by Crippen LogP contribution is 2.28. The van der Waals surface area contributed by atoms with Gasteiger partial charge >= 0.3 is 0 Å². The monoisotopic (exact) mass is 246 g/mol. The molecule has 0 aromatic carbocycles. The Kier molecular flexibility index (Phi) is 3.48. The van der Waals surface area contributed by atoms with Crippen LogP contribution in [0.3, 0.4) is 0 Å². The third-order valence-corrected chi connectivity index (χ3v) is 3.89. The molecular weight excluding hydrogens is 224 g/mol. The van der Waals surface area contributed by atoms with Gasteiger partial charge in [0.2, 0.25) is 0 Å². The number of aromatic nitrogens is 1. The summed E-state index contributed by atoms with van der Waals surface area (Å²) in [6, 6.07) is 5.19. The first kappa shape index (κ1) is 11.9. The van der Waals surface area contributed by atoms with E-state index >= 15 is 0 Å². The Morgan fingerprint density at radius 1 is 1.28 bits per heavy atom. The third-order valence-electron chi connectivity index (χ3n) is 3.89. The number of hydrogen-bond donors (Lipinski definition) is 1. The van der Waals surface area contributed by atoms with Crippen LogP contribution in [0.2, 0.25) is 0 Å². The predicted molar refractivity (Wildman–Crippen MR) is 73.8 cm³/mol. The first-order chi connectivity index (χ1) is 8.86. The van der Waals surface area contributed by atoms with E-state index in [2.05, 4.69) is 32.2 Å². The van der Waals surface area contributed by atoms with E-state index in [9.17, 15) is 0 Å². The molecule has 1 saturated carbocycles. The fourth-order valence-corrected chi connectivity index (χ4v) is 2.70. The highest BCUT2D eigenvalue weighted by Gasteiger charge is 2.31. The highest BCUT2D eigenvalue weighted by atomic mass is 15.3. The number of piperazine rings is 1. The summed E-state index contributed by atoms with van der Waals surface area (Å²) >= 11 is 0. The summed E-state index contributed by atoms with van der Waals surface area (Å²) in [6.45, 7) is 5.54. The van der Waals surface area contributed by atoms with Crippen molar-refractivity contribution in [1.29, 1.82) is 0 Å². The minimum absolute atomic E-state index is 0.899. The van der Waals surface area contributed by atoms with Crippen molar-refractivity contribution in [3.63, 3.8) is 0 Å². The molecule has 2 heterocycles. The number of nitrogens with one attached hydrogen (secondary N) is 1. The van der Waals surface area contributed by atoms with E-state index in [1.807, 2.05) is 13.2 Å². The maximum Gasteiger partial charge on any atom is 0.128 e. The molecule has 0 bridgehead atoms. The zero-order valence-corrected chi connectivity index (χ0v) is 11.1. The molecule has 2 aliphatic rings. The van der Waals surface area contributed by atoms with Crippen LogP contribution in [0.4, 0.5) is 5.82 Å². The molecular formula is C14H22N4. The Bertz CT molecular complexity index is 395. The van der Waals surface area contributed by atoms with Gasteiger partial charge in [0.15, 0.2) is 0 Å². The first-order valence-electron chi connectivity index (χ1n) is 6.95. The summed E-state index contributed by atoms with van der Waals surface area (Å²) < 4.78 is 0. The second-order valence-corrected chi connectivity index (χ2v) is 5.31. The van der Waals surface area contributed by atoms with Crippen molar-refractivity contribution in [1.82, 2.24) is 15.2 Å². The molecule has 0 amide bonds. The van der Waals surface area contributed by atoms with Crippen LogP contribution in [0.25, 0.3) is 0 Å². The quantitative estimate of drug-likeness (QED) is 0.861. The van der Waals surface area contributed by atoms with Crippen LogP contribution in [-0.4, -0.2) is 49.2 Å². The van der Waals surface area contributed by atoms with Crippen molar-refractivity contribution >= 4 is 5.82 Å². The van der Waals surface area contributed by atoms with Gasteiger partial charge in [0.05, 0.1) is 0 Å². The van der Waals surface area contributed by atoms with Gasteiger partial charge in [-0.3, -0.25) is 4.90 Å². The van der Waals surface area contributed by atoms with E-state index < -0.39 is 0 Å². The lowest BCUT2D eigenvalue weighted by Gasteiger charge is -2.35. The van der Waals surface area contributed by atoms with Crippen LogP contribution in [-0.2, 0) is 6.54 Å². The van der Waals surface area contributed by atoms with E-state index in [1.165, 1.54) is 31.5 Å². The number of anilines is 1. The number of hydrogen-bond acceptors (Lipinski definition) is 4. The maximum atomic E-state index is 4.51. The maximum absolute atomic E-state index is 4.51. The molecule has 0 unspecified atom stereocenters. The van der Waals surface area contributed by atoms with Crippen molar-refractivity contribution in [2.75, 3.05) is 38.1 Å². The molecule has 1 aliphatic heterocycles. The van der Waals surface area contributed by atoms with Crippen LogP contribution in [0.15, 0.2) is 18.3 Å². The van der Waals surface area contributed by atoms with Gasteiger partial charge in [0, 0.05) is 45.0 Å². The van der Waals surface area contributed by atoms with Crippen molar-refractivity contribution in [2.24, 2.45) is 0 Å². The summed E-state index contributed by atoms with van der Waals surface area (Å²) in [5.74, 6) is 1.14. The second kappa shape index (κ2) is 5.24. The van der Waals surface area contributed by atoms with Crippen LogP contribution >= 0.6 is 0 Å². The molecule has 0 atom stereocenters. The topological polar surface area (TPSA) is 31.4 Å². The van der Waals surface area contributed by atoms with Gasteiger partial charge in [-0.2, -0.15) is 0 Å². The first-order valence-corrected chi connectivity index (χ1v) is 6.95. The summed E-state index contributed by atoms with van der Waals surface area (Å²) in [7, 11) is 1.98. The fourth-order valence-electron chi connectivity index (χ4n) is 2.70. The van der Waals surface area contributed by atoms with Gasteiger partial charge in [-0.15, -0.1) is 0 Å². The van der Waals surface area contributed by atoms with Crippen LogP contribution in [0, 0.1) is 0 Å². The van der Waals surface area contributed by atoms with Crippen LogP contribution in [0.1, 0.15) is 18.4 Å². The number of nitrogens with zero attached hydrogens (tertiary/aromatic N) is 3. The van der Waals surface area contributed by atoms with E-state index in [-0.39, 0.29) is 0 Å². The lowest BCUT2D eigenvalue weighted by Crippen LogP contribution is -2.47. The molecule has 4 heteroatoms. The molecule has 0 spiro atoms. The van der Waals surface area contributed by atoms with Gasteiger partial charge in [0.1, 0.15) is 5.82 Å². The zero-order chi connectivity index (χ0) is 12.4. The molecule has 1 saturated heterocycles. The average Bonchev–Trinajstić information content (AvgIpc) is 3.24. The van der Waals surface area contributed by atoms with Crippen LogP contribution < -0.4 is 10.2 Å². The van der Waals surface area contributed by atoms with E-state index in [0.29, 0.717) is 0 Å². The largest absolute Gasteiger partial charge is 0.354 e. The molecule has 1 N–H and O–H groups in total. The normalized spacial score (nSPS) is 21.3. The van der Waals surface area contributed by atoms with Gasteiger partial charge in [-0.25, -0.2) is 4.98 Å². The SMILES string of the molecule is CNCc1ccnc(N2CCN(C3CC3)CC2)c1. The van der Waals surface area contributed by atoms with Gasteiger partial charge in [0.25, 0.3) is 0 Å². The van der Waals surface area contributed by atoms with Crippen molar-refractivity contribution in [2.45, 2.75) is 25.4 Å². The fraction of sp³-hybridized carbons (Fsp3) is 0.643. The van der Waals surface area contributed by atoms with Crippen molar-refractivity contribution in [3.8, 4) is 0 Å². The minimum Gasteiger partial charge on any atom is -0.354 e. The van der Waals surface area contributed by atoms with Crippen molar-refractivity contribution in [3.05, 3.63) is 23.9 Å². The average molecular weight is 246 g/mol. The molecule has 18 heavy (non-hydrogen) atoms. The van der Waals surface area contributed by atoms with E-state index in [4.69, 9.17) is 0 Å². The Labute approximate surface area is 109 Å². The summed E-state index contributed by atoms with van der Waals surface area (Å²) in [5.41, 5.74) is 1.31. The molecule has 1 aromatic rings. The molecule has 1 aromatic heterocycles. The van der Waals surface area contributed by atoms with Gasteiger partial charge in [-0.1, -0.05) is 0 Å². The van der Waals surface area contributed by atoms with Gasteiger partial charge < -0.3 is 10.2 Å². The second-order valence-electron chi connectivity index (χ2n) is 5.31. The van der Waals surface area contributed by atoms with Crippen molar-refractivity contribution < 1.29 is 0 Å². The van der Waals surface area contributed by atoms with Gasteiger partial charge in [-0.05, 0) is 37.6 Å². The molecule has 98 valence electrons. The predicted octanol–water partition coefficient (Wildman–Crippen LogP) is 1.09. The molecule has 0 radical (unpaired) electrons. The molecule has 1 aliphatic carbocycles. The Balaban J connectivity index is 1.62. The smallest absolute Gasteiger partial charge is 0.128 e. The molecule has 4 nitrogen and oxygen atoms in total. The third kappa shape index (κ3) is 2.65. The highest BCUT2D eigenvalue weighted by molar-refractivity contribution is 5.41. The Hall–Kier alpha value is -1.13. The van der Waals surface area contributed by atoms with E-state index in [0.717, 1.165) is 31.5 Å². The number of rotatable bonds is 4. The lowest BCUT2D eigenvalue weighted by molar-refractivity contribution is 0.247. The Morgan fingerprint density at radius 2 is 2.06 bits per heavy atom. The minimum atomic E-state index is 0.899. The molecule has 3 rings (SSSR count). The number of pyridine rings is 1. The molecule has 2 fully saturated rings. The standard InChI is InChI=1S/C14H22N4/c1-15-11-12-4-5-16-14(10-12)18-8-6-17(7-9-18)13-2-3-13/h4-5,10,13,15H,2-3,6-9,11H2,1H3. The Morgan fingerprint density at radius 3 is 2.72 bits per heavy atom. The lowest BCUT2D eigenvalue weighted by atomic mass is 10.2. The summed E-state index contributed by atoms with van der Waals surface area (Å²) in [5, 5.41) is 3.19. The summed E-state index contributed by atoms with van der Waals surface area (Å²) in [6.07, 6.45) is 4.75. The summed E-state index contributed by atoms with van der Waals surface area (Å²) in [4.78, 5) is 9.56.